The number of benzene rings is 1. The van der Waals surface area contributed by atoms with Crippen LogP contribution < -0.4 is 10.0 Å². The molecular formula is C23H32N4O4S. The number of H-pyrrole nitrogens is 1. The zero-order chi connectivity index (χ0) is 23.5. The molecule has 1 aliphatic rings. The largest absolute Gasteiger partial charge is 0.361 e. The predicted molar refractivity (Wildman–Crippen MR) is 124 cm³/mol. The number of aromatic amines is 1. The van der Waals surface area contributed by atoms with E-state index in [-0.39, 0.29) is 35.2 Å². The van der Waals surface area contributed by atoms with E-state index in [1.165, 1.54) is 5.56 Å². The van der Waals surface area contributed by atoms with Gasteiger partial charge in [0, 0.05) is 43.1 Å². The summed E-state index contributed by atoms with van der Waals surface area (Å²) in [4.78, 5) is 29.9. The Bertz CT molecular complexity index is 1080. The summed E-state index contributed by atoms with van der Waals surface area (Å²) in [5, 5.41) is 2.78. The van der Waals surface area contributed by atoms with Crippen LogP contribution in [-0.4, -0.2) is 49.8 Å². The average molecular weight is 461 g/mol. The van der Waals surface area contributed by atoms with Crippen LogP contribution in [0.5, 0.6) is 0 Å². The van der Waals surface area contributed by atoms with Gasteiger partial charge in [-0.25, -0.2) is 13.1 Å². The third-order valence-electron chi connectivity index (χ3n) is 5.70. The zero-order valence-electron chi connectivity index (χ0n) is 19.1. The molecule has 1 aromatic heterocycles. The van der Waals surface area contributed by atoms with Gasteiger partial charge >= 0.3 is 0 Å². The van der Waals surface area contributed by atoms with Crippen LogP contribution >= 0.6 is 0 Å². The summed E-state index contributed by atoms with van der Waals surface area (Å²) in [7, 11) is -3.97. The fourth-order valence-electron chi connectivity index (χ4n) is 3.98. The molecule has 0 radical (unpaired) electrons. The molecule has 174 valence electrons. The summed E-state index contributed by atoms with van der Waals surface area (Å²) < 4.78 is 28.5. The monoisotopic (exact) mass is 460 g/mol. The highest BCUT2D eigenvalue weighted by Crippen LogP contribution is 2.26. The van der Waals surface area contributed by atoms with Gasteiger partial charge in [0.15, 0.2) is 0 Å². The van der Waals surface area contributed by atoms with Crippen LogP contribution in [0.1, 0.15) is 66.3 Å². The molecule has 3 rings (SSSR count). The van der Waals surface area contributed by atoms with Gasteiger partial charge in [-0.3, -0.25) is 9.59 Å². The number of amides is 2. The van der Waals surface area contributed by atoms with E-state index in [2.05, 4.69) is 28.9 Å². The third kappa shape index (κ3) is 5.39. The molecule has 1 saturated heterocycles. The minimum absolute atomic E-state index is 0.0248. The SMILES string of the molecule is Cc1[nH]c(C)c(S(=O)(=O)NCCC(=O)Nc2ccc(C(C)C)cc2)c1C(=O)N1CCCC1. The molecule has 0 bridgehead atoms. The number of carbonyl (C=O) groups excluding carboxylic acids is 2. The number of hydrogen-bond acceptors (Lipinski definition) is 4. The highest BCUT2D eigenvalue weighted by atomic mass is 32.2. The van der Waals surface area contributed by atoms with E-state index < -0.39 is 10.0 Å². The van der Waals surface area contributed by atoms with Crippen molar-refractivity contribution in [2.24, 2.45) is 0 Å². The van der Waals surface area contributed by atoms with Gasteiger partial charge in [-0.1, -0.05) is 26.0 Å². The van der Waals surface area contributed by atoms with Crippen LogP contribution in [0.2, 0.25) is 0 Å². The van der Waals surface area contributed by atoms with E-state index >= 15 is 0 Å². The van der Waals surface area contributed by atoms with E-state index in [0.717, 1.165) is 12.8 Å². The molecule has 0 spiro atoms. The molecule has 0 atom stereocenters. The Labute approximate surface area is 189 Å². The summed E-state index contributed by atoms with van der Waals surface area (Å²) in [5.41, 5.74) is 2.96. The average Bonchev–Trinajstić information content (AvgIpc) is 3.35. The first-order chi connectivity index (χ1) is 15.1. The standard InChI is InChI=1S/C23H32N4O4S/c1-15(2)18-7-9-19(10-8-18)26-20(28)11-12-24-32(30,31)22-17(4)25-16(3)21(22)23(29)27-13-5-6-14-27/h7-10,15,24-25H,5-6,11-14H2,1-4H3,(H,26,28). The number of aryl methyl sites for hydroxylation is 2. The van der Waals surface area contributed by atoms with Crippen molar-refractivity contribution in [2.75, 3.05) is 25.0 Å². The molecule has 2 heterocycles. The molecule has 9 heteroatoms. The number of carbonyl (C=O) groups is 2. The molecular weight excluding hydrogens is 428 g/mol. The number of nitrogens with one attached hydrogen (secondary N) is 3. The van der Waals surface area contributed by atoms with Gasteiger partial charge in [0.05, 0.1) is 5.56 Å². The number of hydrogen-bond donors (Lipinski definition) is 3. The maximum atomic E-state index is 13.0. The second-order valence-corrected chi connectivity index (χ2v) is 10.3. The number of sulfonamides is 1. The highest BCUT2D eigenvalue weighted by molar-refractivity contribution is 7.89. The van der Waals surface area contributed by atoms with Gasteiger partial charge in [-0.2, -0.15) is 0 Å². The molecule has 32 heavy (non-hydrogen) atoms. The van der Waals surface area contributed by atoms with Crippen LogP contribution in [-0.2, 0) is 14.8 Å². The number of rotatable bonds is 8. The zero-order valence-corrected chi connectivity index (χ0v) is 19.9. The van der Waals surface area contributed by atoms with E-state index in [4.69, 9.17) is 0 Å². The topological polar surface area (TPSA) is 111 Å². The summed E-state index contributed by atoms with van der Waals surface area (Å²) in [6, 6.07) is 7.58. The Morgan fingerprint density at radius 1 is 1.06 bits per heavy atom. The molecule has 1 aliphatic heterocycles. The Balaban J connectivity index is 1.64. The molecule has 2 aromatic rings. The Hall–Kier alpha value is -2.65. The summed E-state index contributed by atoms with van der Waals surface area (Å²) in [5.74, 6) is -0.162. The van der Waals surface area contributed by atoms with Gasteiger partial charge < -0.3 is 15.2 Å². The summed E-state index contributed by atoms with van der Waals surface area (Å²) >= 11 is 0. The normalized spacial score (nSPS) is 14.2. The molecule has 0 saturated carbocycles. The van der Waals surface area contributed by atoms with Crippen molar-refractivity contribution in [3.63, 3.8) is 0 Å². The minimum Gasteiger partial charge on any atom is -0.361 e. The fourth-order valence-corrected chi connectivity index (χ4v) is 5.45. The maximum Gasteiger partial charge on any atom is 0.257 e. The van der Waals surface area contributed by atoms with Crippen LogP contribution in [0, 0.1) is 13.8 Å². The van der Waals surface area contributed by atoms with Crippen molar-refractivity contribution in [1.82, 2.24) is 14.6 Å². The van der Waals surface area contributed by atoms with Crippen molar-refractivity contribution >= 4 is 27.5 Å². The number of aromatic nitrogens is 1. The van der Waals surface area contributed by atoms with Crippen molar-refractivity contribution < 1.29 is 18.0 Å². The number of nitrogens with zero attached hydrogens (tertiary/aromatic N) is 1. The lowest BCUT2D eigenvalue weighted by atomic mass is 10.0. The lowest BCUT2D eigenvalue weighted by molar-refractivity contribution is -0.116. The smallest absolute Gasteiger partial charge is 0.257 e. The molecule has 8 nitrogen and oxygen atoms in total. The van der Waals surface area contributed by atoms with Crippen LogP contribution in [0.25, 0.3) is 0 Å². The molecule has 3 N–H and O–H groups in total. The van der Waals surface area contributed by atoms with E-state index in [9.17, 15) is 18.0 Å². The third-order valence-corrected chi connectivity index (χ3v) is 7.33. The lowest BCUT2D eigenvalue weighted by Gasteiger charge is -2.17. The first-order valence-corrected chi connectivity index (χ1v) is 12.5. The maximum absolute atomic E-state index is 13.0. The van der Waals surface area contributed by atoms with Crippen molar-refractivity contribution in [3.05, 3.63) is 46.8 Å². The molecule has 0 aliphatic carbocycles. The quantitative estimate of drug-likeness (QED) is 0.561. The minimum atomic E-state index is -3.97. The first kappa shape index (κ1) is 24.0. The van der Waals surface area contributed by atoms with E-state index in [1.807, 2.05) is 24.3 Å². The van der Waals surface area contributed by atoms with Gasteiger partial charge in [-0.15, -0.1) is 0 Å². The predicted octanol–water partition coefficient (Wildman–Crippen LogP) is 3.30. The Morgan fingerprint density at radius 3 is 2.28 bits per heavy atom. The molecule has 1 fully saturated rings. The van der Waals surface area contributed by atoms with E-state index in [1.54, 1.807) is 18.7 Å². The van der Waals surface area contributed by atoms with Crippen molar-refractivity contribution in [3.8, 4) is 0 Å². The van der Waals surface area contributed by atoms with Gasteiger partial charge in [0.1, 0.15) is 4.90 Å². The summed E-state index contributed by atoms with van der Waals surface area (Å²) in [6.07, 6.45) is 1.82. The first-order valence-electron chi connectivity index (χ1n) is 11.0. The second-order valence-electron chi connectivity index (χ2n) is 8.55. The Morgan fingerprint density at radius 2 is 1.69 bits per heavy atom. The van der Waals surface area contributed by atoms with E-state index in [0.29, 0.717) is 36.1 Å². The second kappa shape index (κ2) is 9.87. The molecule has 2 amide bonds. The van der Waals surface area contributed by atoms with Crippen molar-refractivity contribution in [1.29, 1.82) is 0 Å². The van der Waals surface area contributed by atoms with Gasteiger partial charge in [0.2, 0.25) is 15.9 Å². The van der Waals surface area contributed by atoms with Crippen LogP contribution in [0.15, 0.2) is 29.2 Å². The lowest BCUT2D eigenvalue weighted by Crippen LogP contribution is -2.32. The molecule has 0 unspecified atom stereocenters. The Kier molecular flexibility index (Phi) is 7.40. The highest BCUT2D eigenvalue weighted by Gasteiger charge is 2.32. The van der Waals surface area contributed by atoms with Gasteiger partial charge in [0.25, 0.3) is 5.91 Å². The number of anilines is 1. The number of likely N-dealkylation sites (tertiary alicyclic amines) is 1. The van der Waals surface area contributed by atoms with Crippen LogP contribution in [0.3, 0.4) is 0 Å². The van der Waals surface area contributed by atoms with Gasteiger partial charge in [-0.05, 0) is 50.3 Å². The molecule has 1 aromatic carbocycles. The summed E-state index contributed by atoms with van der Waals surface area (Å²) in [6.45, 7) is 8.72. The van der Waals surface area contributed by atoms with Crippen LogP contribution in [0.4, 0.5) is 5.69 Å². The fraction of sp³-hybridized carbons (Fsp3) is 0.478. The van der Waals surface area contributed by atoms with Crippen molar-refractivity contribution in [2.45, 2.75) is 57.8 Å².